The van der Waals surface area contributed by atoms with E-state index in [1.807, 2.05) is 30.3 Å². The molecule has 20 heavy (non-hydrogen) atoms. The zero-order valence-corrected chi connectivity index (χ0v) is 12.2. The number of likely N-dealkylation sites (tertiary alicyclic amines) is 1. The van der Waals surface area contributed by atoms with Crippen LogP contribution in [-0.4, -0.2) is 59.9 Å². The summed E-state index contributed by atoms with van der Waals surface area (Å²) in [5.41, 5.74) is 1.13. The SMILES string of the molecule is CO[C@H]1C[NH+](Cc2ccccc2)[C@@H](CO)[C@H](O)[C@@H]1O.[Cl-]. The van der Waals surface area contributed by atoms with E-state index in [1.165, 1.54) is 7.11 Å². The predicted molar refractivity (Wildman–Crippen MR) is 69.7 cm³/mol. The van der Waals surface area contributed by atoms with Crippen molar-refractivity contribution in [2.24, 2.45) is 0 Å². The number of halogens is 1. The molecule has 0 radical (unpaired) electrons. The smallest absolute Gasteiger partial charge is 0.140 e. The van der Waals surface area contributed by atoms with Crippen molar-refractivity contribution in [2.75, 3.05) is 20.3 Å². The summed E-state index contributed by atoms with van der Waals surface area (Å²) in [6, 6.07) is 9.52. The van der Waals surface area contributed by atoms with E-state index in [0.29, 0.717) is 13.1 Å². The number of aliphatic hydroxyl groups excluding tert-OH is 3. The first kappa shape index (κ1) is 17.4. The van der Waals surface area contributed by atoms with E-state index in [0.717, 1.165) is 10.5 Å². The summed E-state index contributed by atoms with van der Waals surface area (Å²) in [5.74, 6) is 0. The second kappa shape index (κ2) is 7.93. The Labute approximate surface area is 125 Å². The Balaban J connectivity index is 0.00000200. The molecular weight excluding hydrogens is 282 g/mol. The minimum atomic E-state index is -0.970. The summed E-state index contributed by atoms with van der Waals surface area (Å²) in [5, 5.41) is 29.5. The number of aliphatic hydroxyl groups is 3. The van der Waals surface area contributed by atoms with E-state index in [1.54, 1.807) is 0 Å². The molecule has 0 bridgehead atoms. The number of rotatable bonds is 4. The molecule has 1 fully saturated rings. The van der Waals surface area contributed by atoms with Crippen molar-refractivity contribution in [1.29, 1.82) is 0 Å². The van der Waals surface area contributed by atoms with Gasteiger partial charge in [-0.3, -0.25) is 0 Å². The highest BCUT2D eigenvalue weighted by Crippen LogP contribution is 2.10. The zero-order chi connectivity index (χ0) is 13.8. The van der Waals surface area contributed by atoms with Gasteiger partial charge in [0, 0.05) is 12.7 Å². The summed E-state index contributed by atoms with van der Waals surface area (Å²) < 4.78 is 5.22. The number of hydrogen-bond donors (Lipinski definition) is 4. The fourth-order valence-corrected chi connectivity index (χ4v) is 2.75. The number of quaternary nitrogens is 1. The van der Waals surface area contributed by atoms with Crippen molar-refractivity contribution < 1.29 is 37.4 Å². The molecule has 4 N–H and O–H groups in total. The van der Waals surface area contributed by atoms with Gasteiger partial charge in [0.05, 0.1) is 6.61 Å². The van der Waals surface area contributed by atoms with Crippen LogP contribution in [-0.2, 0) is 11.3 Å². The molecule has 0 amide bonds. The molecule has 1 saturated heterocycles. The summed E-state index contributed by atoms with van der Waals surface area (Å²) >= 11 is 0. The molecule has 5 nitrogen and oxygen atoms in total. The highest BCUT2D eigenvalue weighted by Gasteiger charge is 2.45. The lowest BCUT2D eigenvalue weighted by Crippen LogP contribution is -3.19. The Morgan fingerprint density at radius 3 is 2.40 bits per heavy atom. The molecule has 2 rings (SSSR count). The number of piperidine rings is 1. The third-order valence-electron chi connectivity index (χ3n) is 3.90. The Morgan fingerprint density at radius 2 is 1.85 bits per heavy atom. The van der Waals surface area contributed by atoms with Gasteiger partial charge >= 0.3 is 0 Å². The third-order valence-corrected chi connectivity index (χ3v) is 3.90. The van der Waals surface area contributed by atoms with Gasteiger partial charge in [0.1, 0.15) is 37.4 Å². The van der Waals surface area contributed by atoms with Crippen molar-refractivity contribution in [3.05, 3.63) is 35.9 Å². The molecule has 114 valence electrons. The second-order valence-electron chi connectivity index (χ2n) is 5.07. The number of methoxy groups -OCH3 is 1. The van der Waals surface area contributed by atoms with E-state index in [2.05, 4.69) is 0 Å². The number of nitrogens with one attached hydrogen (secondary N) is 1. The van der Waals surface area contributed by atoms with Gasteiger partial charge in [0.25, 0.3) is 0 Å². The molecule has 0 saturated carbocycles. The van der Waals surface area contributed by atoms with Crippen LogP contribution in [0, 0.1) is 0 Å². The molecule has 1 aromatic rings. The fourth-order valence-electron chi connectivity index (χ4n) is 2.75. The quantitative estimate of drug-likeness (QED) is 0.450. The number of ether oxygens (including phenoxy) is 1. The van der Waals surface area contributed by atoms with Gasteiger partial charge in [-0.25, -0.2) is 0 Å². The molecule has 1 heterocycles. The Hall–Kier alpha value is -0.690. The van der Waals surface area contributed by atoms with Crippen LogP contribution in [0.5, 0.6) is 0 Å². The van der Waals surface area contributed by atoms with Gasteiger partial charge in [0.15, 0.2) is 0 Å². The van der Waals surface area contributed by atoms with Crippen LogP contribution in [0.3, 0.4) is 0 Å². The highest BCUT2D eigenvalue weighted by molar-refractivity contribution is 5.13. The summed E-state index contributed by atoms with van der Waals surface area (Å²) in [4.78, 5) is 1.03. The largest absolute Gasteiger partial charge is 1.00 e. The molecule has 1 unspecified atom stereocenters. The molecule has 6 heteroatoms. The van der Waals surface area contributed by atoms with Crippen LogP contribution in [0.25, 0.3) is 0 Å². The molecule has 0 aromatic heterocycles. The van der Waals surface area contributed by atoms with Crippen molar-refractivity contribution >= 4 is 0 Å². The minimum Gasteiger partial charge on any atom is -1.00 e. The van der Waals surface area contributed by atoms with E-state index >= 15 is 0 Å². The fraction of sp³-hybridized carbons (Fsp3) is 0.571. The first-order valence-electron chi connectivity index (χ1n) is 6.55. The van der Waals surface area contributed by atoms with Crippen LogP contribution in [0.4, 0.5) is 0 Å². The van der Waals surface area contributed by atoms with Crippen molar-refractivity contribution in [2.45, 2.75) is 30.9 Å². The molecule has 0 spiro atoms. The summed E-state index contributed by atoms with van der Waals surface area (Å²) in [7, 11) is 1.53. The monoisotopic (exact) mass is 303 g/mol. The van der Waals surface area contributed by atoms with Crippen LogP contribution < -0.4 is 17.3 Å². The van der Waals surface area contributed by atoms with Gasteiger partial charge in [-0.1, -0.05) is 30.3 Å². The minimum absolute atomic E-state index is 0. The van der Waals surface area contributed by atoms with E-state index < -0.39 is 18.3 Å². The van der Waals surface area contributed by atoms with Crippen molar-refractivity contribution in [3.8, 4) is 0 Å². The lowest BCUT2D eigenvalue weighted by atomic mass is 9.93. The number of benzene rings is 1. The molecule has 1 aliphatic heterocycles. The molecular formula is C14H22ClNO4. The van der Waals surface area contributed by atoms with Gasteiger partial charge in [-0.2, -0.15) is 0 Å². The maximum absolute atomic E-state index is 10.1. The number of hydrogen-bond acceptors (Lipinski definition) is 4. The normalized spacial score (nSPS) is 33.5. The second-order valence-corrected chi connectivity index (χ2v) is 5.07. The molecule has 0 aliphatic carbocycles. The van der Waals surface area contributed by atoms with E-state index in [-0.39, 0.29) is 25.1 Å². The van der Waals surface area contributed by atoms with E-state index in [9.17, 15) is 15.3 Å². The maximum atomic E-state index is 10.1. The van der Waals surface area contributed by atoms with Crippen molar-refractivity contribution in [3.63, 3.8) is 0 Å². The van der Waals surface area contributed by atoms with Gasteiger partial charge in [0.2, 0.25) is 0 Å². The Kier molecular flexibility index (Phi) is 6.88. The third kappa shape index (κ3) is 3.69. The topological polar surface area (TPSA) is 74.4 Å². The first-order chi connectivity index (χ1) is 9.17. The average Bonchev–Trinajstić information content (AvgIpc) is 2.44. The summed E-state index contributed by atoms with van der Waals surface area (Å²) in [6.45, 7) is 1.10. The molecule has 5 atom stereocenters. The Morgan fingerprint density at radius 1 is 1.20 bits per heavy atom. The summed E-state index contributed by atoms with van der Waals surface area (Å²) in [6.07, 6.45) is -2.32. The van der Waals surface area contributed by atoms with Gasteiger partial charge < -0.3 is 37.4 Å². The lowest BCUT2D eigenvalue weighted by Gasteiger charge is -2.41. The van der Waals surface area contributed by atoms with Crippen LogP contribution >= 0.6 is 0 Å². The predicted octanol–water partition coefficient (Wildman–Crippen LogP) is -4.81. The van der Waals surface area contributed by atoms with Gasteiger partial charge in [-0.15, -0.1) is 0 Å². The van der Waals surface area contributed by atoms with Crippen LogP contribution in [0.15, 0.2) is 30.3 Å². The van der Waals surface area contributed by atoms with Crippen molar-refractivity contribution in [1.82, 2.24) is 0 Å². The molecule has 1 aliphatic rings. The average molecular weight is 304 g/mol. The maximum Gasteiger partial charge on any atom is 0.140 e. The Bertz CT molecular complexity index is 392. The van der Waals surface area contributed by atoms with Crippen LogP contribution in [0.2, 0.25) is 0 Å². The van der Waals surface area contributed by atoms with Crippen LogP contribution in [0.1, 0.15) is 5.56 Å². The lowest BCUT2D eigenvalue weighted by molar-refractivity contribution is -0.952. The zero-order valence-electron chi connectivity index (χ0n) is 11.4. The van der Waals surface area contributed by atoms with E-state index in [4.69, 9.17) is 4.74 Å². The van der Waals surface area contributed by atoms with Gasteiger partial charge in [-0.05, 0) is 0 Å². The standard InChI is InChI=1S/C14H21NO4.ClH/c1-19-12-8-15(7-10-5-3-2-4-6-10)11(9-16)13(17)14(12)18;/h2-6,11-14,16-18H,7-9H2,1H3;1H/t11-,12-,13-,14+;/m0./s1. The molecule has 1 aromatic carbocycles. The highest BCUT2D eigenvalue weighted by atomic mass is 35.5. The first-order valence-corrected chi connectivity index (χ1v) is 6.55.